The van der Waals surface area contributed by atoms with E-state index in [9.17, 15) is 19.5 Å². The van der Waals surface area contributed by atoms with Crippen LogP contribution in [-0.2, 0) is 26.3 Å². The SMILES string of the molecule is CON=C(C(=O)NC1SC2CC(=O)N2C(C(=O)O)=C1CSc1nnnn1C)c1csc(N)n1. The molecule has 2 aliphatic heterocycles. The molecule has 0 bridgehead atoms. The zero-order chi connectivity index (χ0) is 23.7. The maximum atomic E-state index is 13.1. The topological polar surface area (TPSA) is 191 Å². The first-order chi connectivity index (χ1) is 15.8. The van der Waals surface area contributed by atoms with Gasteiger partial charge in [-0.1, -0.05) is 16.9 Å². The Kier molecular flexibility index (Phi) is 6.52. The van der Waals surface area contributed by atoms with Crippen molar-refractivity contribution < 1.29 is 24.3 Å². The van der Waals surface area contributed by atoms with E-state index in [0.29, 0.717) is 10.7 Å². The van der Waals surface area contributed by atoms with E-state index in [2.05, 4.69) is 31.0 Å². The predicted octanol–water partition coefficient (Wildman–Crippen LogP) is -0.522. The number of carboxylic acid groups (broad SMARTS) is 1. The fraction of sp³-hybridized carbons (Fsp3) is 0.375. The Morgan fingerprint density at radius 3 is 2.85 bits per heavy atom. The second kappa shape index (κ2) is 9.36. The van der Waals surface area contributed by atoms with Crippen molar-refractivity contribution in [1.82, 2.24) is 35.4 Å². The van der Waals surface area contributed by atoms with Crippen LogP contribution < -0.4 is 11.1 Å². The van der Waals surface area contributed by atoms with Crippen molar-refractivity contribution in [2.45, 2.75) is 22.3 Å². The van der Waals surface area contributed by atoms with Gasteiger partial charge < -0.3 is 21.0 Å². The Balaban J connectivity index is 1.65. The molecule has 17 heteroatoms. The van der Waals surface area contributed by atoms with Crippen LogP contribution in [0.25, 0.3) is 0 Å². The van der Waals surface area contributed by atoms with Crippen molar-refractivity contribution in [2.75, 3.05) is 18.6 Å². The largest absolute Gasteiger partial charge is 0.477 e. The van der Waals surface area contributed by atoms with Gasteiger partial charge in [-0.2, -0.15) is 0 Å². The van der Waals surface area contributed by atoms with Crippen LogP contribution in [0.3, 0.4) is 0 Å². The number of rotatable bonds is 8. The van der Waals surface area contributed by atoms with Crippen LogP contribution >= 0.6 is 34.9 Å². The smallest absolute Gasteiger partial charge is 0.352 e. The Morgan fingerprint density at radius 1 is 1.48 bits per heavy atom. The van der Waals surface area contributed by atoms with E-state index in [1.54, 1.807) is 12.4 Å². The summed E-state index contributed by atoms with van der Waals surface area (Å²) in [6, 6.07) is 0. The van der Waals surface area contributed by atoms with E-state index < -0.39 is 22.6 Å². The number of anilines is 1. The van der Waals surface area contributed by atoms with Gasteiger partial charge in [0.15, 0.2) is 10.8 Å². The van der Waals surface area contributed by atoms with E-state index >= 15 is 0 Å². The van der Waals surface area contributed by atoms with Crippen LogP contribution in [-0.4, -0.2) is 82.3 Å². The molecule has 4 heterocycles. The van der Waals surface area contributed by atoms with E-state index in [1.807, 2.05) is 0 Å². The molecule has 2 aliphatic rings. The number of nitrogens with two attached hydrogens (primary N) is 1. The minimum Gasteiger partial charge on any atom is -0.477 e. The molecule has 0 spiro atoms. The van der Waals surface area contributed by atoms with Crippen molar-refractivity contribution >= 4 is 63.5 Å². The Labute approximate surface area is 198 Å². The number of nitrogens with one attached hydrogen (secondary N) is 1. The molecule has 174 valence electrons. The number of carbonyl (C=O) groups is 3. The van der Waals surface area contributed by atoms with Crippen LogP contribution in [0.4, 0.5) is 5.13 Å². The molecule has 33 heavy (non-hydrogen) atoms. The van der Waals surface area contributed by atoms with Gasteiger partial charge in [0, 0.05) is 23.8 Å². The van der Waals surface area contributed by atoms with Gasteiger partial charge >= 0.3 is 5.97 Å². The summed E-state index contributed by atoms with van der Waals surface area (Å²) in [5.41, 5.74) is 5.95. The third kappa shape index (κ3) is 4.51. The quantitative estimate of drug-likeness (QED) is 0.178. The standard InChI is InChI=1S/C16H17N9O5S3/c1-24-16(20-22-23-24)32-4-6-11(14(28)29)25-8(26)3-9(25)33-13(6)19-12(27)10(21-30-2)7-5-31-15(17)18-7/h5,9,13H,3-4H2,1-2H3,(H2,17,18)(H,19,27)(H,28,29). The average Bonchev–Trinajstić information content (AvgIpc) is 3.37. The number of fused-ring (bicyclic) bond motifs is 1. The molecule has 14 nitrogen and oxygen atoms in total. The number of hydrogen-bond acceptors (Lipinski definition) is 13. The maximum absolute atomic E-state index is 13.1. The third-order valence-corrected chi connectivity index (χ3v) is 7.73. The average molecular weight is 512 g/mol. The lowest BCUT2D eigenvalue weighted by Gasteiger charge is -2.46. The van der Waals surface area contributed by atoms with Crippen LogP contribution in [0.15, 0.2) is 27.0 Å². The Hall–Kier alpha value is -3.18. The molecule has 1 saturated heterocycles. The molecular weight excluding hydrogens is 494 g/mol. The molecule has 1 fully saturated rings. The van der Waals surface area contributed by atoms with Crippen molar-refractivity contribution in [3.63, 3.8) is 0 Å². The second-order valence-electron chi connectivity index (χ2n) is 6.66. The molecule has 2 atom stereocenters. The molecule has 4 rings (SSSR count). The number of thioether (sulfide) groups is 2. The molecule has 2 amide bonds. The van der Waals surface area contributed by atoms with Crippen LogP contribution in [0.5, 0.6) is 0 Å². The number of aliphatic carboxylic acids is 1. The minimum atomic E-state index is -1.27. The number of oxime groups is 1. The van der Waals surface area contributed by atoms with Crippen molar-refractivity contribution in [2.24, 2.45) is 12.2 Å². The summed E-state index contributed by atoms with van der Waals surface area (Å²) in [5.74, 6) is -2.08. The zero-order valence-corrected chi connectivity index (χ0v) is 19.6. The number of amides is 2. The van der Waals surface area contributed by atoms with Gasteiger partial charge in [0.2, 0.25) is 11.1 Å². The number of tetrazole rings is 1. The van der Waals surface area contributed by atoms with Gasteiger partial charge in [0.25, 0.3) is 5.91 Å². The fourth-order valence-corrected chi connectivity index (χ4v) is 6.14. The zero-order valence-electron chi connectivity index (χ0n) is 17.2. The molecule has 0 saturated carbocycles. The van der Waals surface area contributed by atoms with Gasteiger partial charge in [0.05, 0.1) is 11.8 Å². The molecule has 2 aromatic heterocycles. The lowest BCUT2D eigenvalue weighted by molar-refractivity contribution is -0.146. The lowest BCUT2D eigenvalue weighted by Crippen LogP contribution is -2.58. The highest BCUT2D eigenvalue weighted by Gasteiger charge is 2.49. The number of carboxylic acids is 1. The molecule has 4 N–H and O–H groups in total. The number of hydrogen-bond donors (Lipinski definition) is 3. The van der Waals surface area contributed by atoms with Gasteiger partial charge in [-0.25, -0.2) is 14.5 Å². The number of nitrogen functional groups attached to an aromatic ring is 1. The maximum Gasteiger partial charge on any atom is 0.352 e. The predicted molar refractivity (Wildman–Crippen MR) is 119 cm³/mol. The van der Waals surface area contributed by atoms with Crippen molar-refractivity contribution in [3.05, 3.63) is 22.3 Å². The van der Waals surface area contributed by atoms with Gasteiger partial charge in [-0.15, -0.1) is 28.2 Å². The lowest BCUT2D eigenvalue weighted by atomic mass is 10.1. The van der Waals surface area contributed by atoms with E-state index in [4.69, 9.17) is 10.6 Å². The summed E-state index contributed by atoms with van der Waals surface area (Å²) < 4.78 is 1.43. The number of nitrogens with zero attached hydrogens (tertiary/aromatic N) is 7. The molecule has 0 aromatic carbocycles. The Morgan fingerprint density at radius 2 is 2.27 bits per heavy atom. The van der Waals surface area contributed by atoms with E-state index in [1.165, 1.54) is 40.2 Å². The van der Waals surface area contributed by atoms with Crippen LogP contribution in [0.2, 0.25) is 0 Å². The summed E-state index contributed by atoms with van der Waals surface area (Å²) in [4.78, 5) is 47.5. The highest BCUT2D eigenvalue weighted by Crippen LogP contribution is 2.44. The number of thiazole rings is 1. The molecule has 2 aromatic rings. The van der Waals surface area contributed by atoms with Crippen molar-refractivity contribution in [3.8, 4) is 0 Å². The normalized spacial score (nSPS) is 20.4. The van der Waals surface area contributed by atoms with E-state index in [0.717, 1.165) is 11.3 Å². The molecule has 2 unspecified atom stereocenters. The van der Waals surface area contributed by atoms with Gasteiger partial charge in [-0.3, -0.25) is 14.5 Å². The number of carbonyl (C=O) groups excluding carboxylic acids is 2. The highest BCUT2D eigenvalue weighted by molar-refractivity contribution is 8.01. The monoisotopic (exact) mass is 511 g/mol. The summed E-state index contributed by atoms with van der Waals surface area (Å²) in [5, 5.41) is 28.7. The van der Waals surface area contributed by atoms with Gasteiger partial charge in [-0.05, 0) is 10.4 Å². The van der Waals surface area contributed by atoms with Crippen LogP contribution in [0, 0.1) is 0 Å². The summed E-state index contributed by atoms with van der Waals surface area (Å²) in [6.45, 7) is 0. The molecule has 0 aliphatic carbocycles. The summed E-state index contributed by atoms with van der Waals surface area (Å²) in [7, 11) is 2.93. The number of aromatic nitrogens is 5. The second-order valence-corrected chi connectivity index (χ2v) is 9.78. The van der Waals surface area contributed by atoms with Gasteiger partial charge in [0.1, 0.15) is 23.9 Å². The van der Waals surface area contributed by atoms with Crippen LogP contribution in [0.1, 0.15) is 12.1 Å². The molecular formula is C16H17N9O5S3. The third-order valence-electron chi connectivity index (χ3n) is 4.63. The summed E-state index contributed by atoms with van der Waals surface area (Å²) >= 11 is 3.58. The first-order valence-electron chi connectivity index (χ1n) is 9.22. The fourth-order valence-electron chi connectivity index (χ4n) is 3.15. The number of β-lactam (4-membered cyclic amide) rings is 1. The number of aryl methyl sites for hydroxylation is 1. The summed E-state index contributed by atoms with van der Waals surface area (Å²) in [6.07, 6.45) is 0.170. The Bertz CT molecular complexity index is 1180. The first kappa shape index (κ1) is 23.0. The minimum absolute atomic E-state index is 0.112. The first-order valence-corrected chi connectivity index (χ1v) is 12.0. The van der Waals surface area contributed by atoms with E-state index in [-0.39, 0.29) is 40.3 Å². The highest BCUT2D eigenvalue weighted by atomic mass is 32.2. The molecule has 0 radical (unpaired) electrons. The van der Waals surface area contributed by atoms with Crippen molar-refractivity contribution in [1.29, 1.82) is 0 Å².